The predicted octanol–water partition coefficient (Wildman–Crippen LogP) is 5.40. The van der Waals surface area contributed by atoms with E-state index in [9.17, 15) is 18.0 Å². The standard InChI is InChI=1S/C23H27Cl4N3O4S/c1-4-5-10-28-23(32)15(2)29(13-16-6-7-17(24)11-20(16)26)22(31)14-30(35(3,33)34)18-8-9-19(25)21(27)12-18/h6-9,11-12,15H,4-5,10,13-14H2,1-3H3,(H,28,32)/t15-/m0/s1. The van der Waals surface area contributed by atoms with Gasteiger partial charge >= 0.3 is 0 Å². The van der Waals surface area contributed by atoms with Crippen molar-refractivity contribution in [2.75, 3.05) is 23.7 Å². The lowest BCUT2D eigenvalue weighted by Gasteiger charge is -2.31. The van der Waals surface area contributed by atoms with Crippen LogP contribution in [0.2, 0.25) is 20.1 Å². The summed E-state index contributed by atoms with van der Waals surface area (Å²) in [7, 11) is -3.89. The zero-order chi connectivity index (χ0) is 26.3. The van der Waals surface area contributed by atoms with Gasteiger partial charge in [-0.25, -0.2) is 8.42 Å². The molecule has 0 aromatic heterocycles. The number of hydrogen-bond acceptors (Lipinski definition) is 4. The highest BCUT2D eigenvalue weighted by atomic mass is 35.5. The Kier molecular flexibility index (Phi) is 11.0. The summed E-state index contributed by atoms with van der Waals surface area (Å²) in [5.74, 6) is -0.969. The van der Waals surface area contributed by atoms with E-state index in [1.54, 1.807) is 19.1 Å². The van der Waals surface area contributed by atoms with E-state index >= 15 is 0 Å². The monoisotopic (exact) mass is 581 g/mol. The molecule has 7 nitrogen and oxygen atoms in total. The molecule has 35 heavy (non-hydrogen) atoms. The van der Waals surface area contributed by atoms with Gasteiger partial charge in [0.25, 0.3) is 0 Å². The van der Waals surface area contributed by atoms with Crippen molar-refractivity contribution in [3.63, 3.8) is 0 Å². The lowest BCUT2D eigenvalue weighted by molar-refractivity contribution is -0.139. The second-order valence-electron chi connectivity index (χ2n) is 7.95. The number of anilines is 1. The minimum absolute atomic E-state index is 0.0316. The van der Waals surface area contributed by atoms with Crippen LogP contribution in [0.4, 0.5) is 5.69 Å². The maximum absolute atomic E-state index is 13.5. The summed E-state index contributed by atoms with van der Waals surface area (Å²) in [6.45, 7) is 3.44. The summed E-state index contributed by atoms with van der Waals surface area (Å²) < 4.78 is 26.1. The third kappa shape index (κ3) is 8.43. The van der Waals surface area contributed by atoms with Gasteiger partial charge in [0.2, 0.25) is 21.8 Å². The number of hydrogen-bond donors (Lipinski definition) is 1. The fourth-order valence-corrected chi connectivity index (χ4v) is 4.81. The number of halogens is 4. The van der Waals surface area contributed by atoms with Crippen LogP contribution in [0.3, 0.4) is 0 Å². The minimum Gasteiger partial charge on any atom is -0.354 e. The van der Waals surface area contributed by atoms with Crippen LogP contribution in [0.1, 0.15) is 32.3 Å². The first-order chi connectivity index (χ1) is 16.3. The van der Waals surface area contributed by atoms with Gasteiger partial charge in [-0.05, 0) is 49.2 Å². The largest absolute Gasteiger partial charge is 0.354 e. The van der Waals surface area contributed by atoms with Gasteiger partial charge in [-0.2, -0.15) is 0 Å². The van der Waals surface area contributed by atoms with E-state index < -0.39 is 28.5 Å². The van der Waals surface area contributed by atoms with Gasteiger partial charge in [-0.3, -0.25) is 13.9 Å². The molecule has 0 saturated heterocycles. The highest BCUT2D eigenvalue weighted by Gasteiger charge is 2.30. The van der Waals surface area contributed by atoms with Gasteiger partial charge in [0.1, 0.15) is 12.6 Å². The van der Waals surface area contributed by atoms with E-state index in [4.69, 9.17) is 46.4 Å². The lowest BCUT2D eigenvalue weighted by Crippen LogP contribution is -2.51. The third-order valence-corrected chi connectivity index (χ3v) is 7.69. The second kappa shape index (κ2) is 13.0. The molecule has 0 radical (unpaired) electrons. The van der Waals surface area contributed by atoms with E-state index in [1.165, 1.54) is 29.2 Å². The number of unbranched alkanes of at least 4 members (excludes halogenated alkanes) is 1. The molecular weight excluding hydrogens is 556 g/mol. The van der Waals surface area contributed by atoms with Crippen molar-refractivity contribution in [3.8, 4) is 0 Å². The molecule has 0 bridgehead atoms. The Morgan fingerprint density at radius 3 is 2.26 bits per heavy atom. The number of benzene rings is 2. The summed E-state index contributed by atoms with van der Waals surface area (Å²) in [5.41, 5.74) is 0.720. The SMILES string of the molecule is CCCCNC(=O)[C@H](C)N(Cc1ccc(Cl)cc1Cl)C(=O)CN(c1ccc(Cl)c(Cl)c1)S(C)(=O)=O. The van der Waals surface area contributed by atoms with E-state index in [2.05, 4.69) is 5.32 Å². The van der Waals surface area contributed by atoms with Crippen molar-refractivity contribution in [1.29, 1.82) is 0 Å². The van der Waals surface area contributed by atoms with Gasteiger partial charge in [-0.1, -0.05) is 65.8 Å². The number of carbonyl (C=O) groups is 2. The Morgan fingerprint density at radius 1 is 1.00 bits per heavy atom. The first-order valence-electron chi connectivity index (χ1n) is 10.8. The molecule has 0 saturated carbocycles. The Hall–Kier alpha value is -1.71. The number of carbonyl (C=O) groups excluding carboxylic acids is 2. The number of nitrogens with zero attached hydrogens (tertiary/aromatic N) is 2. The van der Waals surface area contributed by atoms with Gasteiger partial charge < -0.3 is 10.2 Å². The molecule has 0 unspecified atom stereocenters. The number of rotatable bonds is 11. The molecule has 2 rings (SSSR count). The minimum atomic E-state index is -3.89. The normalized spacial score (nSPS) is 12.2. The highest BCUT2D eigenvalue weighted by Crippen LogP contribution is 2.29. The molecule has 0 spiro atoms. The van der Waals surface area contributed by atoms with E-state index in [0.29, 0.717) is 22.2 Å². The average molecular weight is 583 g/mol. The van der Waals surface area contributed by atoms with Gasteiger partial charge in [0.05, 0.1) is 22.0 Å². The molecule has 0 aliphatic carbocycles. The fraction of sp³-hybridized carbons (Fsp3) is 0.391. The molecule has 0 fully saturated rings. The summed E-state index contributed by atoms with van der Waals surface area (Å²) in [6, 6.07) is 8.16. The van der Waals surface area contributed by atoms with Crippen molar-refractivity contribution < 1.29 is 18.0 Å². The topological polar surface area (TPSA) is 86.8 Å². The van der Waals surface area contributed by atoms with Crippen LogP contribution in [0, 0.1) is 0 Å². The van der Waals surface area contributed by atoms with Crippen molar-refractivity contribution in [3.05, 3.63) is 62.1 Å². The molecule has 192 valence electrons. The van der Waals surface area contributed by atoms with Gasteiger partial charge in [-0.15, -0.1) is 0 Å². The number of nitrogens with one attached hydrogen (secondary N) is 1. The zero-order valence-electron chi connectivity index (χ0n) is 19.5. The highest BCUT2D eigenvalue weighted by molar-refractivity contribution is 7.92. The van der Waals surface area contributed by atoms with Crippen LogP contribution in [-0.2, 0) is 26.2 Å². The van der Waals surface area contributed by atoms with Crippen LogP contribution in [0.25, 0.3) is 0 Å². The summed E-state index contributed by atoms with van der Waals surface area (Å²) in [4.78, 5) is 27.6. The van der Waals surface area contributed by atoms with E-state index in [0.717, 1.165) is 23.4 Å². The van der Waals surface area contributed by atoms with Gasteiger partial charge in [0, 0.05) is 23.1 Å². The molecule has 0 aliphatic heterocycles. The number of amides is 2. The average Bonchev–Trinajstić information content (AvgIpc) is 2.77. The quantitative estimate of drug-likeness (QED) is 0.359. The van der Waals surface area contributed by atoms with E-state index in [1.807, 2.05) is 6.92 Å². The Labute approximate surface area is 226 Å². The van der Waals surface area contributed by atoms with Gasteiger partial charge in [0.15, 0.2) is 0 Å². The van der Waals surface area contributed by atoms with Crippen LogP contribution < -0.4 is 9.62 Å². The fourth-order valence-electron chi connectivity index (χ4n) is 3.21. The summed E-state index contributed by atoms with van der Waals surface area (Å²) in [5, 5.41) is 3.93. The zero-order valence-corrected chi connectivity index (χ0v) is 23.4. The van der Waals surface area contributed by atoms with Crippen molar-refractivity contribution in [2.24, 2.45) is 0 Å². The van der Waals surface area contributed by atoms with Crippen LogP contribution in [0.15, 0.2) is 36.4 Å². The second-order valence-corrected chi connectivity index (χ2v) is 11.5. The molecule has 2 amide bonds. The lowest BCUT2D eigenvalue weighted by atomic mass is 10.1. The smallest absolute Gasteiger partial charge is 0.244 e. The summed E-state index contributed by atoms with van der Waals surface area (Å²) in [6.07, 6.45) is 2.66. The van der Waals surface area contributed by atoms with Crippen LogP contribution in [-0.4, -0.2) is 50.5 Å². The first kappa shape index (κ1) is 29.5. The Morgan fingerprint density at radius 2 is 1.69 bits per heavy atom. The van der Waals surface area contributed by atoms with Crippen molar-refractivity contribution in [2.45, 2.75) is 39.3 Å². The molecule has 0 aliphatic rings. The molecule has 12 heteroatoms. The summed E-state index contributed by atoms with van der Waals surface area (Å²) >= 11 is 24.3. The first-order valence-corrected chi connectivity index (χ1v) is 14.1. The van der Waals surface area contributed by atoms with Crippen molar-refractivity contribution >= 4 is 73.9 Å². The number of sulfonamides is 1. The van der Waals surface area contributed by atoms with Crippen LogP contribution in [0.5, 0.6) is 0 Å². The molecular formula is C23H27Cl4N3O4S. The maximum Gasteiger partial charge on any atom is 0.244 e. The third-order valence-electron chi connectivity index (χ3n) is 5.22. The molecule has 2 aromatic rings. The molecule has 0 heterocycles. The van der Waals surface area contributed by atoms with E-state index in [-0.39, 0.29) is 28.2 Å². The Balaban J connectivity index is 2.40. The molecule has 1 atom stereocenters. The Bertz CT molecular complexity index is 1180. The van der Waals surface area contributed by atoms with Crippen LogP contribution >= 0.6 is 46.4 Å². The van der Waals surface area contributed by atoms with Crippen molar-refractivity contribution in [1.82, 2.24) is 10.2 Å². The maximum atomic E-state index is 13.5. The molecule has 2 aromatic carbocycles. The molecule has 1 N–H and O–H groups in total. The predicted molar refractivity (Wildman–Crippen MR) is 143 cm³/mol.